The molecule has 0 atom stereocenters. The Labute approximate surface area is 384 Å². The number of aryl methyl sites for hydroxylation is 1. The number of fused-ring (bicyclic) bond motifs is 6. The van der Waals surface area contributed by atoms with Crippen molar-refractivity contribution in [3.05, 3.63) is 230 Å². The molecule has 3 heterocycles. The molecule has 0 bridgehead atoms. The number of alkyl halides is 3. The van der Waals surface area contributed by atoms with E-state index in [0.717, 1.165) is 94.2 Å². The molecule has 320 valence electrons. The summed E-state index contributed by atoms with van der Waals surface area (Å²) in [5.74, 6) is 0.561. The lowest BCUT2D eigenvalue weighted by molar-refractivity contribution is -0.137. The Morgan fingerprint density at radius 2 is 0.836 bits per heavy atom. The van der Waals surface area contributed by atoms with Gasteiger partial charge >= 0.3 is 6.18 Å². The van der Waals surface area contributed by atoms with E-state index in [2.05, 4.69) is 130 Å². The maximum Gasteiger partial charge on any atom is 0.417 e. The molecule has 0 saturated carbocycles. The second-order valence-corrected chi connectivity index (χ2v) is 16.9. The van der Waals surface area contributed by atoms with Gasteiger partial charge in [0.2, 0.25) is 0 Å². The van der Waals surface area contributed by atoms with Gasteiger partial charge in [0.15, 0.2) is 5.82 Å². The van der Waals surface area contributed by atoms with Crippen LogP contribution in [0, 0.1) is 6.92 Å². The standard InChI is InChI=1S/C60H39F3N4/c1-38-28-31-43(50(34-38)60(61,62)63)41-30-33-57-49(35-41)47-23-11-15-27-56(47)67(57)58-36-42(59-64-51(39-16-4-2-5-17-39)37-52(65-59)40-18-6-3-7-19-40)29-32-48(58)46-22-10-14-26-55(46)66-53-24-12-8-20-44(53)45-21-9-13-25-54(45)66/h2-37H,1H3. The summed E-state index contributed by atoms with van der Waals surface area (Å²) in [5, 5.41) is 4.07. The van der Waals surface area contributed by atoms with Crippen molar-refractivity contribution in [1.29, 1.82) is 0 Å². The molecule has 0 aliphatic heterocycles. The number of halogens is 3. The van der Waals surface area contributed by atoms with Gasteiger partial charge in [0.05, 0.1) is 50.4 Å². The van der Waals surface area contributed by atoms with E-state index < -0.39 is 11.7 Å². The molecule has 0 fully saturated rings. The molecule has 7 heteroatoms. The van der Waals surface area contributed by atoms with Gasteiger partial charge < -0.3 is 9.13 Å². The van der Waals surface area contributed by atoms with Crippen molar-refractivity contribution in [1.82, 2.24) is 19.1 Å². The fourth-order valence-corrected chi connectivity index (χ4v) is 9.80. The van der Waals surface area contributed by atoms with Crippen LogP contribution in [0.5, 0.6) is 0 Å². The summed E-state index contributed by atoms with van der Waals surface area (Å²) in [6, 6.07) is 72.5. The molecule has 0 N–H and O–H groups in total. The minimum absolute atomic E-state index is 0.143. The first-order chi connectivity index (χ1) is 32.8. The number of rotatable bonds is 7. The second kappa shape index (κ2) is 15.9. The molecule has 0 amide bonds. The molecule has 0 spiro atoms. The summed E-state index contributed by atoms with van der Waals surface area (Å²) in [6.07, 6.45) is -4.52. The van der Waals surface area contributed by atoms with Crippen molar-refractivity contribution in [3.8, 4) is 67.5 Å². The normalized spacial score (nSPS) is 11.9. The average molecular weight is 873 g/mol. The SMILES string of the molecule is Cc1ccc(-c2ccc3c(c2)c2ccccc2n3-c2cc(-c3nc(-c4ccccc4)cc(-c4ccccc4)n3)ccc2-c2ccccc2-n2c3ccccc3c3ccccc32)c(C(F)(F)F)c1. The van der Waals surface area contributed by atoms with Crippen molar-refractivity contribution in [2.45, 2.75) is 13.1 Å². The molecule has 0 aliphatic carbocycles. The first-order valence-corrected chi connectivity index (χ1v) is 22.2. The van der Waals surface area contributed by atoms with E-state index in [1.165, 1.54) is 6.07 Å². The Balaban J connectivity index is 1.15. The molecular weight excluding hydrogens is 834 g/mol. The van der Waals surface area contributed by atoms with Crippen LogP contribution in [0.4, 0.5) is 13.2 Å². The minimum Gasteiger partial charge on any atom is -0.309 e. The van der Waals surface area contributed by atoms with E-state index in [9.17, 15) is 13.2 Å². The third-order valence-electron chi connectivity index (χ3n) is 12.8. The zero-order valence-electron chi connectivity index (χ0n) is 36.2. The lowest BCUT2D eigenvalue weighted by atomic mass is 9.96. The Bertz CT molecular complexity index is 3750. The zero-order chi connectivity index (χ0) is 45.2. The van der Waals surface area contributed by atoms with Gasteiger partial charge in [-0.2, -0.15) is 13.2 Å². The average Bonchev–Trinajstić information content (AvgIpc) is 3.89. The van der Waals surface area contributed by atoms with Crippen LogP contribution >= 0.6 is 0 Å². The van der Waals surface area contributed by atoms with Crippen LogP contribution in [-0.4, -0.2) is 19.1 Å². The second-order valence-electron chi connectivity index (χ2n) is 16.9. The van der Waals surface area contributed by atoms with E-state index in [1.807, 2.05) is 78.9 Å². The smallest absolute Gasteiger partial charge is 0.309 e. The van der Waals surface area contributed by atoms with Crippen LogP contribution in [0.25, 0.3) is 111 Å². The van der Waals surface area contributed by atoms with Gasteiger partial charge in [0, 0.05) is 49.4 Å². The van der Waals surface area contributed by atoms with Crippen LogP contribution in [0.2, 0.25) is 0 Å². The number of hydrogen-bond acceptors (Lipinski definition) is 2. The maximum atomic E-state index is 14.6. The summed E-state index contributed by atoms with van der Waals surface area (Å²) in [6.45, 7) is 1.69. The van der Waals surface area contributed by atoms with E-state index in [4.69, 9.17) is 9.97 Å². The number of nitrogens with zero attached hydrogens (tertiary/aromatic N) is 4. The lowest BCUT2D eigenvalue weighted by Crippen LogP contribution is -2.07. The topological polar surface area (TPSA) is 35.6 Å². The Kier molecular flexibility index (Phi) is 9.47. The van der Waals surface area contributed by atoms with Crippen molar-refractivity contribution in [2.75, 3.05) is 0 Å². The largest absolute Gasteiger partial charge is 0.417 e. The lowest BCUT2D eigenvalue weighted by Gasteiger charge is -2.20. The summed E-state index contributed by atoms with van der Waals surface area (Å²) < 4.78 is 48.5. The Morgan fingerprint density at radius 1 is 0.358 bits per heavy atom. The van der Waals surface area contributed by atoms with E-state index in [0.29, 0.717) is 17.0 Å². The Morgan fingerprint density at radius 3 is 1.45 bits per heavy atom. The predicted octanol–water partition coefficient (Wildman–Crippen LogP) is 16.3. The molecule has 3 aromatic heterocycles. The van der Waals surface area contributed by atoms with E-state index in [1.54, 1.807) is 19.1 Å². The summed E-state index contributed by atoms with van der Waals surface area (Å²) >= 11 is 0. The zero-order valence-corrected chi connectivity index (χ0v) is 36.2. The molecule has 12 rings (SSSR count). The number of aromatic nitrogens is 4. The third-order valence-corrected chi connectivity index (χ3v) is 12.8. The van der Waals surface area contributed by atoms with Gasteiger partial charge in [-0.25, -0.2) is 9.97 Å². The quantitative estimate of drug-likeness (QED) is 0.160. The monoisotopic (exact) mass is 872 g/mol. The molecule has 9 aromatic carbocycles. The van der Waals surface area contributed by atoms with Gasteiger partial charge in [-0.3, -0.25) is 0 Å². The van der Waals surface area contributed by atoms with Crippen molar-refractivity contribution in [3.63, 3.8) is 0 Å². The van der Waals surface area contributed by atoms with Crippen molar-refractivity contribution >= 4 is 43.6 Å². The molecule has 4 nitrogen and oxygen atoms in total. The van der Waals surface area contributed by atoms with Gasteiger partial charge in [0.1, 0.15) is 0 Å². The van der Waals surface area contributed by atoms with Gasteiger partial charge in [-0.1, -0.05) is 169 Å². The predicted molar refractivity (Wildman–Crippen MR) is 268 cm³/mol. The van der Waals surface area contributed by atoms with E-state index in [-0.39, 0.29) is 5.56 Å². The molecular formula is C60H39F3N4. The van der Waals surface area contributed by atoms with Gasteiger partial charge in [-0.15, -0.1) is 0 Å². The van der Waals surface area contributed by atoms with Crippen LogP contribution in [-0.2, 0) is 6.18 Å². The van der Waals surface area contributed by atoms with Crippen LogP contribution in [0.15, 0.2) is 218 Å². The highest BCUT2D eigenvalue weighted by atomic mass is 19.4. The fourth-order valence-electron chi connectivity index (χ4n) is 9.80. The fraction of sp³-hybridized carbons (Fsp3) is 0.0333. The minimum atomic E-state index is -4.52. The first kappa shape index (κ1) is 40.0. The molecule has 0 aliphatic rings. The van der Waals surface area contributed by atoms with Gasteiger partial charge in [0.25, 0.3) is 0 Å². The van der Waals surface area contributed by atoms with Crippen molar-refractivity contribution in [2.24, 2.45) is 0 Å². The summed E-state index contributed by atoms with van der Waals surface area (Å²) in [7, 11) is 0. The summed E-state index contributed by atoms with van der Waals surface area (Å²) in [5.41, 5.74) is 12.6. The van der Waals surface area contributed by atoms with Crippen LogP contribution < -0.4 is 0 Å². The molecule has 0 radical (unpaired) electrons. The van der Waals surface area contributed by atoms with Crippen molar-refractivity contribution < 1.29 is 13.2 Å². The summed E-state index contributed by atoms with van der Waals surface area (Å²) in [4.78, 5) is 10.5. The van der Waals surface area contributed by atoms with Crippen LogP contribution in [0.1, 0.15) is 11.1 Å². The highest BCUT2D eigenvalue weighted by molar-refractivity contribution is 6.12. The maximum absolute atomic E-state index is 14.6. The Hall–Kier alpha value is -8.55. The molecule has 12 aromatic rings. The molecule has 67 heavy (non-hydrogen) atoms. The highest BCUT2D eigenvalue weighted by Gasteiger charge is 2.34. The molecule has 0 unspecified atom stereocenters. The number of para-hydroxylation sites is 4. The molecule has 0 saturated heterocycles. The first-order valence-electron chi connectivity index (χ1n) is 22.2. The van der Waals surface area contributed by atoms with Crippen LogP contribution in [0.3, 0.4) is 0 Å². The van der Waals surface area contributed by atoms with Gasteiger partial charge in [-0.05, 0) is 72.6 Å². The third kappa shape index (κ3) is 6.86. The number of benzene rings is 9. The van der Waals surface area contributed by atoms with E-state index >= 15 is 0 Å². The highest BCUT2D eigenvalue weighted by Crippen LogP contribution is 2.44. The number of hydrogen-bond donors (Lipinski definition) is 0.